The average Bonchev–Trinajstić information content (AvgIpc) is 2.96. The van der Waals surface area contributed by atoms with E-state index >= 15 is 0 Å². The second-order valence-electron chi connectivity index (χ2n) is 5.43. The minimum Gasteiger partial charge on any atom is -0.285 e. The first-order valence-corrected chi connectivity index (χ1v) is 7.09. The van der Waals surface area contributed by atoms with Gasteiger partial charge in [0.05, 0.1) is 5.92 Å². The van der Waals surface area contributed by atoms with Gasteiger partial charge in [0.25, 0.3) is 0 Å². The van der Waals surface area contributed by atoms with Crippen LogP contribution in [0.5, 0.6) is 0 Å². The molecule has 2 unspecified atom stereocenters. The van der Waals surface area contributed by atoms with Gasteiger partial charge >= 0.3 is 6.18 Å². The topological polar surface area (TPSA) is 30.7 Å². The van der Waals surface area contributed by atoms with E-state index in [9.17, 15) is 13.2 Å². The molecule has 3 nitrogen and oxygen atoms in total. The number of nitrogens with zero attached hydrogens (tertiary/aromatic N) is 3. The van der Waals surface area contributed by atoms with Gasteiger partial charge in [0.15, 0.2) is 0 Å². The zero-order valence-corrected chi connectivity index (χ0v) is 11.4. The van der Waals surface area contributed by atoms with Gasteiger partial charge in [0.2, 0.25) is 0 Å². The molecule has 1 aliphatic rings. The highest BCUT2D eigenvalue weighted by molar-refractivity contribution is 5.32. The first-order valence-electron chi connectivity index (χ1n) is 7.09. The van der Waals surface area contributed by atoms with E-state index in [1.54, 1.807) is 4.57 Å². The van der Waals surface area contributed by atoms with Crippen LogP contribution in [0.3, 0.4) is 0 Å². The van der Waals surface area contributed by atoms with Crippen molar-refractivity contribution in [3.8, 4) is 5.69 Å². The van der Waals surface area contributed by atoms with Crippen LogP contribution in [-0.4, -0.2) is 20.9 Å². The molecule has 1 aliphatic carbocycles. The number of para-hydroxylation sites is 1. The van der Waals surface area contributed by atoms with E-state index < -0.39 is 18.0 Å². The maximum Gasteiger partial charge on any atom is 0.392 e. The maximum atomic E-state index is 13.3. The third-order valence-corrected chi connectivity index (χ3v) is 4.13. The predicted octanol–water partition coefficient (Wildman–Crippen LogP) is 4.10. The Balaban J connectivity index is 1.98. The number of aromatic nitrogens is 3. The van der Waals surface area contributed by atoms with Crippen molar-refractivity contribution in [2.24, 2.45) is 5.92 Å². The minimum absolute atomic E-state index is 0.176. The lowest BCUT2D eigenvalue weighted by Gasteiger charge is -2.32. The Morgan fingerprint density at radius 1 is 1.05 bits per heavy atom. The molecule has 0 bridgehead atoms. The molecule has 1 heterocycles. The van der Waals surface area contributed by atoms with E-state index in [2.05, 4.69) is 10.2 Å². The van der Waals surface area contributed by atoms with Gasteiger partial charge in [-0.1, -0.05) is 31.0 Å². The van der Waals surface area contributed by atoms with Crippen LogP contribution in [0, 0.1) is 5.92 Å². The van der Waals surface area contributed by atoms with Crippen LogP contribution in [0.1, 0.15) is 37.4 Å². The molecule has 1 saturated carbocycles. The van der Waals surface area contributed by atoms with Crippen molar-refractivity contribution >= 4 is 0 Å². The van der Waals surface area contributed by atoms with Crippen molar-refractivity contribution in [1.82, 2.24) is 14.8 Å². The molecule has 21 heavy (non-hydrogen) atoms. The van der Waals surface area contributed by atoms with Crippen molar-refractivity contribution in [3.05, 3.63) is 42.5 Å². The third kappa shape index (κ3) is 2.80. The molecule has 0 aliphatic heterocycles. The van der Waals surface area contributed by atoms with Gasteiger partial charge in [-0.2, -0.15) is 13.2 Å². The summed E-state index contributed by atoms with van der Waals surface area (Å²) in [6, 6.07) is 9.26. The smallest absolute Gasteiger partial charge is 0.285 e. The first kappa shape index (κ1) is 14.1. The number of hydrogen-bond donors (Lipinski definition) is 0. The Morgan fingerprint density at radius 3 is 2.48 bits per heavy atom. The molecule has 0 N–H and O–H groups in total. The molecule has 1 aromatic carbocycles. The summed E-state index contributed by atoms with van der Waals surface area (Å²) in [7, 11) is 0. The Bertz CT molecular complexity index is 592. The van der Waals surface area contributed by atoms with Gasteiger partial charge in [0.1, 0.15) is 12.2 Å². The van der Waals surface area contributed by atoms with Crippen molar-refractivity contribution < 1.29 is 13.2 Å². The van der Waals surface area contributed by atoms with Gasteiger partial charge < -0.3 is 0 Å². The summed E-state index contributed by atoms with van der Waals surface area (Å²) in [4.78, 5) is 0. The number of benzene rings is 1. The lowest BCUT2D eigenvalue weighted by atomic mass is 9.78. The van der Waals surface area contributed by atoms with Crippen LogP contribution < -0.4 is 0 Å². The largest absolute Gasteiger partial charge is 0.392 e. The average molecular weight is 295 g/mol. The fraction of sp³-hybridized carbons (Fsp3) is 0.467. The highest BCUT2D eigenvalue weighted by Gasteiger charge is 2.47. The third-order valence-electron chi connectivity index (χ3n) is 4.13. The van der Waals surface area contributed by atoms with Crippen LogP contribution in [0.15, 0.2) is 36.7 Å². The summed E-state index contributed by atoms with van der Waals surface area (Å²) < 4.78 is 41.5. The van der Waals surface area contributed by atoms with Crippen molar-refractivity contribution in [3.63, 3.8) is 0 Å². The molecule has 2 aromatic rings. The molecule has 3 rings (SSSR count). The zero-order valence-electron chi connectivity index (χ0n) is 11.4. The van der Waals surface area contributed by atoms with Gasteiger partial charge in [-0.25, -0.2) is 0 Å². The van der Waals surface area contributed by atoms with E-state index in [0.29, 0.717) is 18.7 Å². The Labute approximate surface area is 120 Å². The second kappa shape index (κ2) is 5.50. The number of halogens is 3. The van der Waals surface area contributed by atoms with Crippen molar-refractivity contribution in [1.29, 1.82) is 0 Å². The number of hydrogen-bond acceptors (Lipinski definition) is 2. The van der Waals surface area contributed by atoms with Crippen LogP contribution in [0.25, 0.3) is 5.69 Å². The van der Waals surface area contributed by atoms with E-state index in [0.717, 1.165) is 12.1 Å². The summed E-state index contributed by atoms with van der Waals surface area (Å²) in [5, 5.41) is 7.83. The predicted molar refractivity (Wildman–Crippen MR) is 72.1 cm³/mol. The summed E-state index contributed by atoms with van der Waals surface area (Å²) in [6.07, 6.45) is -0.574. The second-order valence-corrected chi connectivity index (χ2v) is 5.43. The van der Waals surface area contributed by atoms with Crippen LogP contribution in [-0.2, 0) is 0 Å². The molecule has 0 saturated heterocycles. The monoisotopic (exact) mass is 295 g/mol. The Morgan fingerprint density at radius 2 is 1.76 bits per heavy atom. The molecule has 1 fully saturated rings. The zero-order chi connectivity index (χ0) is 14.9. The number of alkyl halides is 3. The summed E-state index contributed by atoms with van der Waals surface area (Å²) >= 11 is 0. The van der Waals surface area contributed by atoms with E-state index in [1.807, 2.05) is 30.3 Å². The minimum atomic E-state index is -4.18. The fourth-order valence-corrected chi connectivity index (χ4v) is 3.12. The summed E-state index contributed by atoms with van der Waals surface area (Å²) in [6.45, 7) is 0. The van der Waals surface area contributed by atoms with Gasteiger partial charge in [0, 0.05) is 11.6 Å². The van der Waals surface area contributed by atoms with Gasteiger partial charge in [-0.3, -0.25) is 4.57 Å². The van der Waals surface area contributed by atoms with Crippen LogP contribution in [0.2, 0.25) is 0 Å². The van der Waals surface area contributed by atoms with E-state index in [-0.39, 0.29) is 6.42 Å². The molecule has 0 radical (unpaired) electrons. The Hall–Kier alpha value is -1.85. The highest BCUT2D eigenvalue weighted by Crippen LogP contribution is 2.46. The van der Waals surface area contributed by atoms with Crippen LogP contribution in [0.4, 0.5) is 13.2 Å². The number of rotatable bonds is 2. The maximum absolute atomic E-state index is 13.3. The lowest BCUT2D eigenvalue weighted by Crippen LogP contribution is -2.33. The molecule has 0 spiro atoms. The van der Waals surface area contributed by atoms with Crippen LogP contribution >= 0.6 is 0 Å². The quantitative estimate of drug-likeness (QED) is 0.835. The summed E-state index contributed by atoms with van der Waals surface area (Å²) in [5.41, 5.74) is 0.795. The fourth-order valence-electron chi connectivity index (χ4n) is 3.12. The van der Waals surface area contributed by atoms with E-state index in [4.69, 9.17) is 0 Å². The Kier molecular flexibility index (Phi) is 3.69. The molecule has 6 heteroatoms. The SMILES string of the molecule is FC(F)(F)C1CCCCC1c1nncn1-c1ccccc1. The van der Waals surface area contributed by atoms with Crippen molar-refractivity contribution in [2.45, 2.75) is 37.8 Å². The lowest BCUT2D eigenvalue weighted by molar-refractivity contribution is -0.188. The molecular weight excluding hydrogens is 279 g/mol. The standard InChI is InChI=1S/C15H16F3N3/c16-15(17,18)13-9-5-4-8-12(13)14-20-19-10-21(14)11-6-2-1-3-7-11/h1-3,6-7,10,12-13H,4-5,8-9H2. The van der Waals surface area contributed by atoms with Gasteiger partial charge in [-0.05, 0) is 25.0 Å². The molecule has 2 atom stereocenters. The molecule has 112 valence electrons. The molecule has 1 aromatic heterocycles. The van der Waals surface area contributed by atoms with E-state index in [1.165, 1.54) is 6.33 Å². The molecule has 0 amide bonds. The highest BCUT2D eigenvalue weighted by atomic mass is 19.4. The first-order chi connectivity index (χ1) is 10.1. The normalized spacial score (nSPS) is 23.2. The molecular formula is C15H16F3N3. The van der Waals surface area contributed by atoms with Crippen molar-refractivity contribution in [2.75, 3.05) is 0 Å². The van der Waals surface area contributed by atoms with Gasteiger partial charge in [-0.15, -0.1) is 10.2 Å². The summed E-state index contributed by atoms with van der Waals surface area (Å²) in [5.74, 6) is -1.51.